The molecule has 1 atom stereocenters. The summed E-state index contributed by atoms with van der Waals surface area (Å²) in [4.78, 5) is 21.9. The monoisotopic (exact) mass is 280 g/mol. The highest BCUT2D eigenvalue weighted by molar-refractivity contribution is 5.79. The minimum Gasteiger partial charge on any atom is -0.480 e. The van der Waals surface area contributed by atoms with Crippen LogP contribution in [0.1, 0.15) is 19.3 Å². The number of carbonyl (C=O) groups excluding carboxylic acids is 1. The Morgan fingerprint density at radius 3 is 2.55 bits per heavy atom. The molecule has 1 rings (SSSR count). The third kappa shape index (κ3) is 6.08. The Labute approximate surface area is 118 Å². The van der Waals surface area contributed by atoms with Crippen molar-refractivity contribution in [3.63, 3.8) is 0 Å². The lowest BCUT2D eigenvalue weighted by Gasteiger charge is -2.13. The minimum absolute atomic E-state index is 0.376. The Hall–Kier alpha value is -2.24. The number of alkyl carbamates (subject to hydrolysis) is 1. The van der Waals surface area contributed by atoms with Crippen LogP contribution in [0, 0.1) is 0 Å². The van der Waals surface area contributed by atoms with E-state index in [2.05, 4.69) is 15.4 Å². The first-order valence-electron chi connectivity index (χ1n) is 6.49. The van der Waals surface area contributed by atoms with Crippen LogP contribution >= 0.6 is 0 Å². The van der Waals surface area contributed by atoms with Crippen molar-refractivity contribution in [2.45, 2.75) is 25.3 Å². The van der Waals surface area contributed by atoms with Crippen LogP contribution in [0.25, 0.3) is 0 Å². The van der Waals surface area contributed by atoms with Gasteiger partial charge in [-0.3, -0.25) is 0 Å². The van der Waals surface area contributed by atoms with E-state index in [9.17, 15) is 9.59 Å². The summed E-state index contributed by atoms with van der Waals surface area (Å²) in [5.74, 6) is -1.05. The van der Waals surface area contributed by atoms with Crippen molar-refractivity contribution >= 4 is 17.7 Å². The van der Waals surface area contributed by atoms with Crippen LogP contribution in [0.3, 0.4) is 0 Å². The maximum Gasteiger partial charge on any atom is 0.407 e. The van der Waals surface area contributed by atoms with E-state index in [0.29, 0.717) is 12.8 Å². The van der Waals surface area contributed by atoms with Crippen molar-refractivity contribution in [3.05, 3.63) is 30.3 Å². The van der Waals surface area contributed by atoms with Crippen molar-refractivity contribution in [2.24, 2.45) is 0 Å². The first-order chi connectivity index (χ1) is 9.63. The number of carboxylic acid groups (broad SMARTS) is 1. The lowest BCUT2D eigenvalue weighted by atomic mass is 10.1. The topological polar surface area (TPSA) is 87.7 Å². The first kappa shape index (κ1) is 15.8. The molecule has 1 aromatic rings. The lowest BCUT2D eigenvalue weighted by Crippen LogP contribution is -2.40. The van der Waals surface area contributed by atoms with E-state index in [1.54, 1.807) is 0 Å². The molecule has 0 radical (unpaired) electrons. The number of nitrogens with one attached hydrogen (secondary N) is 2. The molecule has 0 aromatic heterocycles. The highest BCUT2D eigenvalue weighted by Gasteiger charge is 2.19. The number of amides is 1. The number of hydrogen-bond donors (Lipinski definition) is 3. The maximum atomic E-state index is 11.0. The van der Waals surface area contributed by atoms with Crippen LogP contribution in [0.5, 0.6) is 0 Å². The van der Waals surface area contributed by atoms with E-state index in [-0.39, 0.29) is 0 Å². The number of para-hydroxylation sites is 1. The number of aliphatic carboxylic acids is 1. The van der Waals surface area contributed by atoms with E-state index < -0.39 is 18.1 Å². The van der Waals surface area contributed by atoms with Crippen LogP contribution < -0.4 is 10.6 Å². The molecule has 3 N–H and O–H groups in total. The lowest BCUT2D eigenvalue weighted by molar-refractivity contribution is -0.139. The predicted octanol–water partition coefficient (Wildman–Crippen LogP) is 2.08. The summed E-state index contributed by atoms with van der Waals surface area (Å²) < 4.78 is 4.39. The Bertz CT molecular complexity index is 422. The molecule has 1 aromatic carbocycles. The number of ether oxygens (including phenoxy) is 1. The second kappa shape index (κ2) is 8.79. The smallest absolute Gasteiger partial charge is 0.407 e. The Morgan fingerprint density at radius 1 is 1.25 bits per heavy atom. The van der Waals surface area contributed by atoms with Crippen molar-refractivity contribution in [1.29, 1.82) is 0 Å². The zero-order valence-corrected chi connectivity index (χ0v) is 11.5. The molecule has 0 heterocycles. The van der Waals surface area contributed by atoms with E-state index >= 15 is 0 Å². The Morgan fingerprint density at radius 2 is 1.95 bits per heavy atom. The summed E-state index contributed by atoms with van der Waals surface area (Å²) >= 11 is 0. The average molecular weight is 280 g/mol. The van der Waals surface area contributed by atoms with Crippen LogP contribution in [0.4, 0.5) is 10.5 Å². The van der Waals surface area contributed by atoms with E-state index in [1.807, 2.05) is 30.3 Å². The van der Waals surface area contributed by atoms with Gasteiger partial charge in [0.2, 0.25) is 0 Å². The summed E-state index contributed by atoms with van der Waals surface area (Å²) in [6.45, 7) is 0.759. The molecule has 0 aliphatic carbocycles. The largest absolute Gasteiger partial charge is 0.480 e. The molecule has 0 aliphatic heterocycles. The normalized spacial score (nSPS) is 11.4. The zero-order valence-electron chi connectivity index (χ0n) is 11.5. The van der Waals surface area contributed by atoms with Crippen LogP contribution in [-0.4, -0.2) is 36.9 Å². The van der Waals surface area contributed by atoms with Crippen molar-refractivity contribution < 1.29 is 19.4 Å². The molecule has 1 amide bonds. The van der Waals surface area contributed by atoms with Gasteiger partial charge in [0.05, 0.1) is 7.11 Å². The van der Waals surface area contributed by atoms with Crippen molar-refractivity contribution in [3.8, 4) is 0 Å². The van der Waals surface area contributed by atoms with Gasteiger partial charge in [-0.25, -0.2) is 9.59 Å². The molecule has 0 saturated carbocycles. The summed E-state index contributed by atoms with van der Waals surface area (Å²) in [5.41, 5.74) is 1.04. The van der Waals surface area contributed by atoms with Crippen molar-refractivity contribution in [2.75, 3.05) is 19.0 Å². The van der Waals surface area contributed by atoms with Gasteiger partial charge >= 0.3 is 12.1 Å². The molecule has 110 valence electrons. The predicted molar refractivity (Wildman–Crippen MR) is 75.7 cm³/mol. The molecular formula is C14H20N2O4. The van der Waals surface area contributed by atoms with Gasteiger partial charge in [-0.15, -0.1) is 0 Å². The van der Waals surface area contributed by atoms with Gasteiger partial charge in [0, 0.05) is 12.2 Å². The van der Waals surface area contributed by atoms with E-state index in [4.69, 9.17) is 5.11 Å². The summed E-state index contributed by atoms with van der Waals surface area (Å²) in [5, 5.41) is 14.5. The van der Waals surface area contributed by atoms with Crippen LogP contribution in [0.2, 0.25) is 0 Å². The van der Waals surface area contributed by atoms with Crippen molar-refractivity contribution in [1.82, 2.24) is 5.32 Å². The SMILES string of the molecule is COC(=O)N[C@@H](CCCCNc1ccccc1)C(=O)O. The number of hydrogen-bond acceptors (Lipinski definition) is 4. The van der Waals surface area contributed by atoms with Gasteiger partial charge in [-0.2, -0.15) is 0 Å². The fourth-order valence-electron chi connectivity index (χ4n) is 1.72. The fourth-order valence-corrected chi connectivity index (χ4v) is 1.72. The summed E-state index contributed by atoms with van der Waals surface area (Å²) in [6, 6.07) is 8.88. The number of benzene rings is 1. The molecule has 6 heteroatoms. The highest BCUT2D eigenvalue weighted by atomic mass is 16.5. The van der Waals surface area contributed by atoms with Gasteiger partial charge < -0.3 is 20.5 Å². The molecule has 0 aliphatic rings. The molecule has 0 spiro atoms. The third-order valence-electron chi connectivity index (χ3n) is 2.80. The van der Waals surface area contributed by atoms with E-state index in [1.165, 1.54) is 7.11 Å². The number of carbonyl (C=O) groups is 2. The van der Waals surface area contributed by atoms with E-state index in [0.717, 1.165) is 18.7 Å². The fraction of sp³-hybridized carbons (Fsp3) is 0.429. The standard InChI is InChI=1S/C14H20N2O4/c1-20-14(19)16-12(13(17)18)9-5-6-10-15-11-7-3-2-4-8-11/h2-4,7-8,12,15H,5-6,9-10H2,1H3,(H,16,19)(H,17,18)/t12-/m0/s1. The number of carboxylic acids is 1. The second-order valence-electron chi connectivity index (χ2n) is 4.32. The van der Waals surface area contributed by atoms with Gasteiger partial charge in [-0.1, -0.05) is 18.2 Å². The second-order valence-corrected chi connectivity index (χ2v) is 4.32. The van der Waals surface area contributed by atoms with Gasteiger partial charge in [0.25, 0.3) is 0 Å². The number of unbranched alkanes of at least 4 members (excludes halogenated alkanes) is 1. The molecule has 6 nitrogen and oxygen atoms in total. The van der Waals surface area contributed by atoms with Gasteiger partial charge in [0.15, 0.2) is 0 Å². The summed E-state index contributed by atoms with van der Waals surface area (Å²) in [7, 11) is 1.21. The van der Waals surface area contributed by atoms with Crippen LogP contribution in [0.15, 0.2) is 30.3 Å². The average Bonchev–Trinajstić information content (AvgIpc) is 2.46. The van der Waals surface area contributed by atoms with Gasteiger partial charge in [0.1, 0.15) is 6.04 Å². The molecule has 0 bridgehead atoms. The first-order valence-corrected chi connectivity index (χ1v) is 6.49. The minimum atomic E-state index is -1.05. The highest BCUT2D eigenvalue weighted by Crippen LogP contribution is 2.07. The quantitative estimate of drug-likeness (QED) is 0.634. The number of methoxy groups -OCH3 is 1. The zero-order chi connectivity index (χ0) is 14.8. The molecular weight excluding hydrogens is 260 g/mol. The Balaban J connectivity index is 2.20. The summed E-state index contributed by atoms with van der Waals surface area (Å²) in [6.07, 6.45) is 1.17. The van der Waals surface area contributed by atoms with Crippen LogP contribution in [-0.2, 0) is 9.53 Å². The number of rotatable bonds is 8. The Kier molecular flexibility index (Phi) is 6.95. The molecule has 0 unspecified atom stereocenters. The molecule has 0 saturated heterocycles. The molecule has 20 heavy (non-hydrogen) atoms. The third-order valence-corrected chi connectivity index (χ3v) is 2.80. The number of anilines is 1. The maximum absolute atomic E-state index is 11.0. The molecule has 0 fully saturated rings. The van der Waals surface area contributed by atoms with Gasteiger partial charge in [-0.05, 0) is 31.4 Å².